The van der Waals surface area contributed by atoms with E-state index in [1.807, 2.05) is 29.0 Å². The number of fused-ring (bicyclic) bond motifs is 1. The predicted octanol–water partition coefficient (Wildman–Crippen LogP) is 5.89. The first-order chi connectivity index (χ1) is 17.5. The molecule has 8 heteroatoms. The fourth-order valence-electron chi connectivity index (χ4n) is 5.24. The lowest BCUT2D eigenvalue weighted by molar-refractivity contribution is -0.122. The number of amides is 2. The van der Waals surface area contributed by atoms with Gasteiger partial charge in [0.1, 0.15) is 16.6 Å². The van der Waals surface area contributed by atoms with Crippen LogP contribution in [0.15, 0.2) is 52.1 Å². The second-order valence-corrected chi connectivity index (χ2v) is 11.2. The average Bonchev–Trinajstić information content (AvgIpc) is 3.67. The minimum atomic E-state index is -0.0982. The van der Waals surface area contributed by atoms with E-state index in [0.717, 1.165) is 34.9 Å². The molecule has 36 heavy (non-hydrogen) atoms. The highest BCUT2D eigenvalue weighted by Gasteiger charge is 2.32. The molecule has 1 saturated heterocycles. The average molecular weight is 522 g/mol. The van der Waals surface area contributed by atoms with Crippen LogP contribution in [0.2, 0.25) is 0 Å². The molecule has 2 fully saturated rings. The number of para-hydroxylation sites is 1. The number of nitrogens with zero attached hydrogens (tertiary/aromatic N) is 2. The number of benzene rings is 1. The molecule has 0 atom stereocenters. The van der Waals surface area contributed by atoms with Crippen LogP contribution in [0.25, 0.3) is 17.0 Å². The summed E-state index contributed by atoms with van der Waals surface area (Å²) in [6, 6.07) is 9.82. The molecule has 1 aromatic carbocycles. The number of aromatic nitrogens is 1. The van der Waals surface area contributed by atoms with Crippen LogP contribution >= 0.6 is 24.0 Å². The van der Waals surface area contributed by atoms with Gasteiger partial charge in [-0.15, -0.1) is 0 Å². The lowest BCUT2D eigenvalue weighted by Gasteiger charge is -2.17. The standard InChI is InChI=1S/C28H31N3O3S2/c1-2-20-9-5-11-23-21(17-30(26(20)23)18-25(32)29-16-22-10-6-14-34-22)15-24-27(33)31(28(35)36-24)13-12-19-7-3-4-8-19/h5-6,9-11,14-15,17,19H,2-4,7-8,12-13,16,18H2,1H3,(H,29,32)/b24-15-. The monoisotopic (exact) mass is 521 g/mol. The number of hydrogen-bond donors (Lipinski definition) is 1. The van der Waals surface area contributed by atoms with Crippen LogP contribution in [0.5, 0.6) is 0 Å². The Morgan fingerprint density at radius 3 is 2.83 bits per heavy atom. The van der Waals surface area contributed by atoms with Gasteiger partial charge in [0.2, 0.25) is 5.91 Å². The van der Waals surface area contributed by atoms with Crippen molar-refractivity contribution in [1.82, 2.24) is 14.8 Å². The van der Waals surface area contributed by atoms with E-state index in [1.54, 1.807) is 17.2 Å². The lowest BCUT2D eigenvalue weighted by atomic mass is 10.0. The molecule has 3 aromatic rings. The van der Waals surface area contributed by atoms with Gasteiger partial charge < -0.3 is 14.3 Å². The molecule has 1 aliphatic heterocycles. The number of thioether (sulfide) groups is 1. The number of furan rings is 1. The number of hydrogen-bond acceptors (Lipinski definition) is 5. The van der Waals surface area contributed by atoms with Crippen LogP contribution in [0.3, 0.4) is 0 Å². The Morgan fingerprint density at radius 1 is 1.25 bits per heavy atom. The highest BCUT2D eigenvalue weighted by molar-refractivity contribution is 8.26. The topological polar surface area (TPSA) is 67.5 Å². The fourth-order valence-corrected chi connectivity index (χ4v) is 6.54. The van der Waals surface area contributed by atoms with E-state index in [9.17, 15) is 9.59 Å². The van der Waals surface area contributed by atoms with Gasteiger partial charge in [0.25, 0.3) is 5.91 Å². The zero-order chi connectivity index (χ0) is 25.1. The molecule has 2 aliphatic rings. The Balaban J connectivity index is 1.37. The second-order valence-electron chi connectivity index (χ2n) is 9.51. The fraction of sp³-hybridized carbons (Fsp3) is 0.393. The molecule has 3 heterocycles. The normalized spacial score (nSPS) is 17.7. The van der Waals surface area contributed by atoms with Crippen LogP contribution < -0.4 is 5.32 Å². The molecule has 0 spiro atoms. The smallest absolute Gasteiger partial charge is 0.266 e. The van der Waals surface area contributed by atoms with Gasteiger partial charge in [-0.2, -0.15) is 0 Å². The molecule has 188 valence electrons. The number of aryl methyl sites for hydroxylation is 1. The van der Waals surface area contributed by atoms with Crippen molar-refractivity contribution in [2.24, 2.45) is 5.92 Å². The lowest BCUT2D eigenvalue weighted by Crippen LogP contribution is -2.30. The van der Waals surface area contributed by atoms with E-state index in [4.69, 9.17) is 16.6 Å². The minimum absolute atomic E-state index is 0.00765. The van der Waals surface area contributed by atoms with Crippen LogP contribution in [0, 0.1) is 5.92 Å². The summed E-state index contributed by atoms with van der Waals surface area (Å²) in [5.74, 6) is 1.32. The maximum absolute atomic E-state index is 13.2. The van der Waals surface area contributed by atoms with Crippen molar-refractivity contribution >= 4 is 57.1 Å². The first-order valence-corrected chi connectivity index (χ1v) is 13.9. The van der Waals surface area contributed by atoms with Crippen molar-refractivity contribution in [3.8, 4) is 0 Å². The SMILES string of the molecule is CCc1cccc2c(/C=C3\SC(=S)N(CCC4CCCC4)C3=O)cn(CC(=O)NCc3ccco3)c12. The maximum atomic E-state index is 13.2. The summed E-state index contributed by atoms with van der Waals surface area (Å²) in [6.45, 7) is 3.34. The van der Waals surface area contributed by atoms with E-state index in [0.29, 0.717) is 34.0 Å². The summed E-state index contributed by atoms with van der Waals surface area (Å²) < 4.78 is 7.94. The Kier molecular flexibility index (Phi) is 7.62. The molecular weight excluding hydrogens is 490 g/mol. The van der Waals surface area contributed by atoms with Gasteiger partial charge in [-0.3, -0.25) is 14.5 Å². The number of carbonyl (C=O) groups is 2. The van der Waals surface area contributed by atoms with Gasteiger partial charge in [0.05, 0.1) is 23.2 Å². The van der Waals surface area contributed by atoms with Crippen molar-refractivity contribution in [1.29, 1.82) is 0 Å². The van der Waals surface area contributed by atoms with Crippen LogP contribution in [-0.4, -0.2) is 32.1 Å². The molecule has 0 unspecified atom stereocenters. The summed E-state index contributed by atoms with van der Waals surface area (Å²) in [4.78, 5) is 28.4. The third kappa shape index (κ3) is 5.30. The zero-order valence-electron chi connectivity index (χ0n) is 20.5. The van der Waals surface area contributed by atoms with Gasteiger partial charge in [0, 0.05) is 23.7 Å². The first-order valence-electron chi connectivity index (χ1n) is 12.7. The summed E-state index contributed by atoms with van der Waals surface area (Å²) >= 11 is 6.95. The molecule has 1 saturated carbocycles. The molecule has 5 rings (SSSR count). The van der Waals surface area contributed by atoms with Crippen molar-refractivity contribution in [2.75, 3.05) is 6.54 Å². The van der Waals surface area contributed by atoms with Gasteiger partial charge in [-0.05, 0) is 42.5 Å². The number of thiocarbonyl (C=S) groups is 1. The summed E-state index contributed by atoms with van der Waals surface area (Å²) in [6.07, 6.45) is 12.5. The van der Waals surface area contributed by atoms with Gasteiger partial charge in [0.15, 0.2) is 0 Å². The highest BCUT2D eigenvalue weighted by atomic mass is 32.2. The quantitative estimate of drug-likeness (QED) is 0.281. The molecule has 2 aromatic heterocycles. The molecule has 0 bridgehead atoms. The third-order valence-corrected chi connectivity index (χ3v) is 8.52. The number of rotatable bonds is 9. The van der Waals surface area contributed by atoms with Crippen molar-refractivity contribution < 1.29 is 14.0 Å². The third-order valence-electron chi connectivity index (χ3n) is 7.14. The maximum Gasteiger partial charge on any atom is 0.266 e. The summed E-state index contributed by atoms with van der Waals surface area (Å²) in [7, 11) is 0. The van der Waals surface area contributed by atoms with Crippen molar-refractivity contribution in [2.45, 2.75) is 58.5 Å². The number of carbonyl (C=O) groups excluding carboxylic acids is 2. The number of nitrogens with one attached hydrogen (secondary N) is 1. The Bertz CT molecular complexity index is 1300. The largest absolute Gasteiger partial charge is 0.467 e. The Labute approximate surface area is 221 Å². The highest BCUT2D eigenvalue weighted by Crippen LogP contribution is 2.36. The molecule has 1 aliphatic carbocycles. The molecular formula is C28H31N3O3S2. The van der Waals surface area contributed by atoms with E-state index < -0.39 is 0 Å². The van der Waals surface area contributed by atoms with E-state index in [-0.39, 0.29) is 18.4 Å². The Morgan fingerprint density at radius 2 is 2.08 bits per heavy atom. The van der Waals surface area contributed by atoms with Crippen molar-refractivity contribution in [3.63, 3.8) is 0 Å². The molecule has 1 N–H and O–H groups in total. The Hall–Kier alpha value is -2.84. The molecule has 0 radical (unpaired) electrons. The predicted molar refractivity (Wildman–Crippen MR) is 148 cm³/mol. The minimum Gasteiger partial charge on any atom is -0.467 e. The van der Waals surface area contributed by atoms with Crippen LogP contribution in [0.4, 0.5) is 0 Å². The molecule has 6 nitrogen and oxygen atoms in total. The van der Waals surface area contributed by atoms with E-state index in [1.165, 1.54) is 37.4 Å². The van der Waals surface area contributed by atoms with Gasteiger partial charge >= 0.3 is 0 Å². The van der Waals surface area contributed by atoms with Crippen LogP contribution in [0.1, 0.15) is 55.9 Å². The van der Waals surface area contributed by atoms with Gasteiger partial charge in [-0.1, -0.05) is 74.8 Å². The summed E-state index contributed by atoms with van der Waals surface area (Å²) in [5.41, 5.74) is 3.11. The summed E-state index contributed by atoms with van der Waals surface area (Å²) in [5, 5.41) is 3.95. The first kappa shape index (κ1) is 24.8. The zero-order valence-corrected chi connectivity index (χ0v) is 22.1. The van der Waals surface area contributed by atoms with Gasteiger partial charge in [-0.25, -0.2) is 0 Å². The van der Waals surface area contributed by atoms with E-state index >= 15 is 0 Å². The molecule has 2 amide bonds. The van der Waals surface area contributed by atoms with Crippen LogP contribution in [-0.2, 0) is 29.1 Å². The second kappa shape index (κ2) is 11.0. The van der Waals surface area contributed by atoms with Crippen molar-refractivity contribution in [3.05, 3.63) is 64.6 Å². The van der Waals surface area contributed by atoms with E-state index in [2.05, 4.69) is 24.4 Å².